The lowest BCUT2D eigenvalue weighted by molar-refractivity contribution is 0.0504. The number of ether oxygens (including phenoxy) is 10. The molecule has 11 nitrogen and oxygen atoms in total. The van der Waals surface area contributed by atoms with Gasteiger partial charge in [0.2, 0.25) is 0 Å². The van der Waals surface area contributed by atoms with Crippen LogP contribution in [0.3, 0.4) is 0 Å². The van der Waals surface area contributed by atoms with Gasteiger partial charge in [0.25, 0.3) is 0 Å². The average Bonchev–Trinajstić information content (AvgIpc) is 3.28. The largest absolute Gasteiger partial charge is 0.492 e. The van der Waals surface area contributed by atoms with E-state index < -0.39 is 0 Å². The summed E-state index contributed by atoms with van der Waals surface area (Å²) in [6.45, 7) is 9.22. The van der Waals surface area contributed by atoms with Crippen molar-refractivity contribution in [3.05, 3.63) is 107 Å². The van der Waals surface area contributed by atoms with Crippen molar-refractivity contribution in [3.63, 3.8) is 0 Å². The third-order valence-electron chi connectivity index (χ3n) is 11.9. The standard InChI is InChI=1S/C28H40O6.C21H26O5/c1-28(22-11-13-23(14-12-22)33-20-30-2)19-32-27-18-24(34-21-31-3)15-16-25(27)26(28)10-8-6-4-5-7-9-17-29;1-15-19-10-9-18(26-14-23-4)11-20(19)24-12-21(15,2)16-5-7-17(8-6-16)25-13-22-3/h11-16,18,26,29H,4-10,17,19-21H2,1-3H3;5-11,15H,12-14H2,1-4H3/t26-,28-;15-,21+/m11/s1. The average molecular weight is 831 g/mol. The third kappa shape index (κ3) is 12.1. The van der Waals surface area contributed by atoms with Crippen LogP contribution in [0, 0.1) is 0 Å². The second-order valence-corrected chi connectivity index (χ2v) is 16.0. The molecule has 60 heavy (non-hydrogen) atoms. The molecule has 1 N–H and O–H groups in total. The maximum atomic E-state index is 8.98. The van der Waals surface area contributed by atoms with Crippen LogP contribution >= 0.6 is 0 Å². The number of hydrogen-bond acceptors (Lipinski definition) is 11. The lowest BCUT2D eigenvalue weighted by Gasteiger charge is -2.43. The molecule has 4 atom stereocenters. The highest BCUT2D eigenvalue weighted by Gasteiger charge is 2.43. The highest BCUT2D eigenvalue weighted by Crippen LogP contribution is 2.50. The Morgan fingerprint density at radius 2 is 0.917 bits per heavy atom. The topological polar surface area (TPSA) is 113 Å². The molecule has 0 unspecified atom stereocenters. The number of aliphatic hydroxyl groups excluding tert-OH is 1. The first kappa shape index (κ1) is 46.5. The van der Waals surface area contributed by atoms with Gasteiger partial charge in [-0.1, -0.05) is 89.3 Å². The predicted molar refractivity (Wildman–Crippen MR) is 232 cm³/mol. The summed E-state index contributed by atoms with van der Waals surface area (Å²) < 4.78 is 54.6. The van der Waals surface area contributed by atoms with E-state index in [0.717, 1.165) is 60.2 Å². The smallest absolute Gasteiger partial charge is 0.188 e. The van der Waals surface area contributed by atoms with Gasteiger partial charge in [-0.25, -0.2) is 0 Å². The molecule has 0 saturated heterocycles. The summed E-state index contributed by atoms with van der Waals surface area (Å²) in [6.07, 6.45) is 7.86. The third-order valence-corrected chi connectivity index (χ3v) is 11.9. The van der Waals surface area contributed by atoms with Gasteiger partial charge in [0, 0.05) is 63.9 Å². The molecule has 6 rings (SSSR count). The van der Waals surface area contributed by atoms with Crippen LogP contribution in [-0.4, -0.2) is 80.5 Å². The van der Waals surface area contributed by atoms with Crippen molar-refractivity contribution in [1.82, 2.24) is 0 Å². The van der Waals surface area contributed by atoms with Crippen molar-refractivity contribution < 1.29 is 52.5 Å². The fourth-order valence-corrected chi connectivity index (χ4v) is 8.10. The Kier molecular flexibility index (Phi) is 18.2. The van der Waals surface area contributed by atoms with Crippen LogP contribution < -0.4 is 28.4 Å². The Morgan fingerprint density at radius 1 is 0.517 bits per heavy atom. The number of aliphatic hydroxyl groups is 1. The summed E-state index contributed by atoms with van der Waals surface area (Å²) in [5.41, 5.74) is 4.61. The highest BCUT2D eigenvalue weighted by atomic mass is 16.7. The number of fused-ring (bicyclic) bond motifs is 2. The van der Waals surface area contributed by atoms with Gasteiger partial charge < -0.3 is 52.5 Å². The lowest BCUT2D eigenvalue weighted by atomic mass is 9.66. The van der Waals surface area contributed by atoms with Crippen molar-refractivity contribution >= 4 is 0 Å². The lowest BCUT2D eigenvalue weighted by Crippen LogP contribution is -2.40. The van der Waals surface area contributed by atoms with Crippen LogP contribution in [0.1, 0.15) is 99.8 Å². The van der Waals surface area contributed by atoms with Gasteiger partial charge in [0.05, 0.1) is 13.2 Å². The molecular weight excluding hydrogens is 765 g/mol. The molecule has 2 aliphatic heterocycles. The SMILES string of the molecule is COCOc1ccc([C@@]2(C)COc3cc(OCOC)ccc3[C@H]2C)cc1.COCOc1ccc([C@@]2(C)COc3cc(OCOC)ccc3[C@H]2CCCCCCCCO)cc1. The van der Waals surface area contributed by atoms with E-state index in [9.17, 15) is 0 Å². The minimum atomic E-state index is -0.154. The number of benzene rings is 4. The summed E-state index contributed by atoms with van der Waals surface area (Å²) in [5.74, 6) is 5.51. The van der Waals surface area contributed by atoms with E-state index in [2.05, 4.69) is 57.2 Å². The molecule has 0 bridgehead atoms. The summed E-state index contributed by atoms with van der Waals surface area (Å²) in [4.78, 5) is 0. The first-order chi connectivity index (χ1) is 29.2. The van der Waals surface area contributed by atoms with Crippen molar-refractivity contribution in [3.8, 4) is 34.5 Å². The number of unbranched alkanes of at least 4 members (excludes halogenated alkanes) is 5. The van der Waals surface area contributed by atoms with Gasteiger partial charge in [-0.15, -0.1) is 0 Å². The molecule has 0 saturated carbocycles. The van der Waals surface area contributed by atoms with Crippen LogP contribution in [0.2, 0.25) is 0 Å². The van der Waals surface area contributed by atoms with E-state index >= 15 is 0 Å². The fourth-order valence-electron chi connectivity index (χ4n) is 8.10. The molecule has 0 aliphatic carbocycles. The van der Waals surface area contributed by atoms with E-state index in [1.807, 2.05) is 48.5 Å². The molecule has 2 aliphatic rings. The predicted octanol–water partition coefficient (Wildman–Crippen LogP) is 9.91. The molecule has 328 valence electrons. The van der Waals surface area contributed by atoms with E-state index in [1.54, 1.807) is 28.4 Å². The van der Waals surface area contributed by atoms with Crippen LogP contribution in [0.5, 0.6) is 34.5 Å². The highest BCUT2D eigenvalue weighted by molar-refractivity contribution is 5.50. The molecule has 0 amide bonds. The normalized spacial score (nSPS) is 20.3. The van der Waals surface area contributed by atoms with E-state index in [4.69, 9.17) is 52.5 Å². The van der Waals surface area contributed by atoms with Gasteiger partial charge in [0.15, 0.2) is 27.2 Å². The number of methoxy groups -OCH3 is 4. The summed E-state index contributed by atoms with van der Waals surface area (Å²) in [5, 5.41) is 8.98. The molecule has 0 radical (unpaired) electrons. The Labute approximate surface area is 357 Å². The maximum absolute atomic E-state index is 8.98. The molecule has 11 heteroatoms. The summed E-state index contributed by atoms with van der Waals surface area (Å²) >= 11 is 0. The fraction of sp³-hybridized carbons (Fsp3) is 0.510. The zero-order chi connectivity index (χ0) is 42.8. The van der Waals surface area contributed by atoms with Gasteiger partial charge in [0.1, 0.15) is 34.5 Å². The van der Waals surface area contributed by atoms with Crippen LogP contribution in [0.15, 0.2) is 84.9 Å². The Balaban J connectivity index is 0.000000236. The van der Waals surface area contributed by atoms with Gasteiger partial charge >= 0.3 is 0 Å². The Hall–Kier alpha value is -4.52. The van der Waals surface area contributed by atoms with E-state index in [1.165, 1.54) is 41.5 Å². The van der Waals surface area contributed by atoms with Gasteiger partial charge in [-0.2, -0.15) is 0 Å². The minimum Gasteiger partial charge on any atom is -0.492 e. The van der Waals surface area contributed by atoms with Crippen molar-refractivity contribution in [2.75, 3.05) is 75.4 Å². The summed E-state index contributed by atoms with van der Waals surface area (Å²) in [6, 6.07) is 28.6. The first-order valence-electron chi connectivity index (χ1n) is 21.0. The Bertz CT molecular complexity index is 1850. The van der Waals surface area contributed by atoms with Gasteiger partial charge in [-0.05, 0) is 77.4 Å². The summed E-state index contributed by atoms with van der Waals surface area (Å²) in [7, 11) is 6.45. The molecule has 4 aromatic carbocycles. The second kappa shape index (κ2) is 23.5. The zero-order valence-electron chi connectivity index (χ0n) is 36.7. The molecule has 0 fully saturated rings. The monoisotopic (exact) mass is 830 g/mol. The first-order valence-corrected chi connectivity index (χ1v) is 21.0. The molecule has 0 aromatic heterocycles. The molecule has 2 heterocycles. The number of rotatable bonds is 22. The quantitative estimate of drug-likeness (QED) is 0.0604. The van der Waals surface area contributed by atoms with Crippen LogP contribution in [0.25, 0.3) is 0 Å². The molecular formula is C49H66O11. The molecule has 4 aromatic rings. The maximum Gasteiger partial charge on any atom is 0.188 e. The van der Waals surface area contributed by atoms with Gasteiger partial charge in [-0.3, -0.25) is 0 Å². The van der Waals surface area contributed by atoms with Crippen LogP contribution in [0.4, 0.5) is 0 Å². The molecule has 0 spiro atoms. The van der Waals surface area contributed by atoms with Crippen molar-refractivity contribution in [2.24, 2.45) is 0 Å². The second-order valence-electron chi connectivity index (χ2n) is 16.0. The minimum absolute atomic E-state index is 0.123. The van der Waals surface area contributed by atoms with E-state index in [-0.39, 0.29) is 38.0 Å². The van der Waals surface area contributed by atoms with Crippen molar-refractivity contribution in [1.29, 1.82) is 0 Å². The van der Waals surface area contributed by atoms with E-state index in [0.29, 0.717) is 31.7 Å². The van der Waals surface area contributed by atoms with Crippen molar-refractivity contribution in [2.45, 2.75) is 88.4 Å². The van der Waals surface area contributed by atoms with Crippen LogP contribution in [-0.2, 0) is 29.8 Å². The Morgan fingerprint density at radius 3 is 1.42 bits per heavy atom. The number of hydrogen-bond donors (Lipinski definition) is 1. The zero-order valence-corrected chi connectivity index (χ0v) is 36.7.